The van der Waals surface area contributed by atoms with Crippen molar-refractivity contribution in [1.29, 1.82) is 0 Å². The first-order valence-electron chi connectivity index (χ1n) is 8.56. The van der Waals surface area contributed by atoms with Crippen molar-refractivity contribution in [2.45, 2.75) is 32.1 Å². The Labute approximate surface area is 149 Å². The average Bonchev–Trinajstić information content (AvgIpc) is 3.09. The summed E-state index contributed by atoms with van der Waals surface area (Å²) in [5, 5.41) is 0. The monoisotopic (exact) mass is 351 g/mol. The zero-order valence-corrected chi connectivity index (χ0v) is 14.8. The number of hydrogen-bond acceptors (Lipinski definition) is 3. The van der Waals surface area contributed by atoms with Crippen LogP contribution in [0, 0.1) is 5.92 Å². The average molecular weight is 352 g/mol. The van der Waals surface area contributed by atoms with Crippen LogP contribution in [0.5, 0.6) is 0 Å². The van der Waals surface area contributed by atoms with Gasteiger partial charge in [-0.2, -0.15) is 0 Å². The van der Waals surface area contributed by atoms with E-state index in [0.29, 0.717) is 29.5 Å². The molecule has 132 valence electrons. The van der Waals surface area contributed by atoms with Crippen molar-refractivity contribution < 1.29 is 9.59 Å². The Balaban J connectivity index is 0.00000208. The maximum absolute atomic E-state index is 12.5. The molecule has 0 radical (unpaired) electrons. The lowest BCUT2D eigenvalue weighted by molar-refractivity contribution is -0.131. The fourth-order valence-corrected chi connectivity index (χ4v) is 3.54. The summed E-state index contributed by atoms with van der Waals surface area (Å²) < 4.78 is 0. The molecule has 0 aliphatic carbocycles. The Morgan fingerprint density at radius 3 is 2.33 bits per heavy atom. The molecule has 2 fully saturated rings. The van der Waals surface area contributed by atoms with Crippen molar-refractivity contribution in [3.8, 4) is 0 Å². The van der Waals surface area contributed by atoms with Crippen molar-refractivity contribution in [2.75, 3.05) is 31.9 Å². The van der Waals surface area contributed by atoms with Crippen LogP contribution in [0.15, 0.2) is 24.3 Å². The van der Waals surface area contributed by atoms with E-state index < -0.39 is 0 Å². The predicted molar refractivity (Wildman–Crippen MR) is 97.2 cm³/mol. The molecule has 0 atom stereocenters. The Morgan fingerprint density at radius 1 is 1.04 bits per heavy atom. The van der Waals surface area contributed by atoms with Gasteiger partial charge >= 0.3 is 0 Å². The standard InChI is InChI=1S/C18H25N3O2.ClH/c19-16-5-3-4-15(13-16)18(23)21-10-6-14(7-11-21)12-17(22)20-8-1-2-9-20;/h3-5,13-14H,1-2,6-12,19H2;1H. The number of rotatable bonds is 3. The summed E-state index contributed by atoms with van der Waals surface area (Å²) in [6, 6.07) is 7.13. The van der Waals surface area contributed by atoms with E-state index in [1.807, 2.05) is 21.9 Å². The van der Waals surface area contributed by atoms with E-state index in [1.165, 1.54) is 0 Å². The van der Waals surface area contributed by atoms with Gasteiger partial charge in [0.25, 0.3) is 5.91 Å². The second-order valence-corrected chi connectivity index (χ2v) is 6.65. The fourth-order valence-electron chi connectivity index (χ4n) is 3.54. The number of halogens is 1. The molecule has 0 unspecified atom stereocenters. The van der Waals surface area contributed by atoms with E-state index in [4.69, 9.17) is 5.73 Å². The largest absolute Gasteiger partial charge is 0.399 e. The summed E-state index contributed by atoms with van der Waals surface area (Å²) in [5.74, 6) is 0.748. The van der Waals surface area contributed by atoms with Crippen LogP contribution in [0.25, 0.3) is 0 Å². The van der Waals surface area contributed by atoms with Gasteiger partial charge in [0.05, 0.1) is 0 Å². The number of nitrogen functional groups attached to an aromatic ring is 1. The molecule has 1 aromatic carbocycles. The van der Waals surface area contributed by atoms with Crippen LogP contribution < -0.4 is 5.73 Å². The van der Waals surface area contributed by atoms with Crippen LogP contribution in [-0.4, -0.2) is 47.8 Å². The van der Waals surface area contributed by atoms with Gasteiger partial charge in [-0.15, -0.1) is 12.4 Å². The highest BCUT2D eigenvalue weighted by Crippen LogP contribution is 2.24. The van der Waals surface area contributed by atoms with Crippen molar-refractivity contribution in [1.82, 2.24) is 9.80 Å². The molecule has 1 aromatic rings. The van der Waals surface area contributed by atoms with Crippen LogP contribution >= 0.6 is 12.4 Å². The van der Waals surface area contributed by atoms with E-state index in [9.17, 15) is 9.59 Å². The summed E-state index contributed by atoms with van der Waals surface area (Å²) in [4.78, 5) is 28.6. The van der Waals surface area contributed by atoms with Crippen LogP contribution in [-0.2, 0) is 4.79 Å². The molecule has 0 spiro atoms. The van der Waals surface area contributed by atoms with Crippen LogP contribution in [0.2, 0.25) is 0 Å². The third-order valence-electron chi connectivity index (χ3n) is 4.96. The Kier molecular flexibility index (Phi) is 6.49. The molecule has 3 rings (SSSR count). The maximum atomic E-state index is 12.5. The van der Waals surface area contributed by atoms with Crippen molar-refractivity contribution >= 4 is 29.9 Å². The van der Waals surface area contributed by atoms with E-state index in [0.717, 1.165) is 51.9 Å². The van der Waals surface area contributed by atoms with E-state index >= 15 is 0 Å². The first-order valence-corrected chi connectivity index (χ1v) is 8.56. The highest BCUT2D eigenvalue weighted by atomic mass is 35.5. The van der Waals surface area contributed by atoms with E-state index in [1.54, 1.807) is 12.1 Å². The predicted octanol–water partition coefficient (Wildman–Crippen LogP) is 2.56. The molecule has 2 amide bonds. The number of piperidine rings is 1. The number of likely N-dealkylation sites (tertiary alicyclic amines) is 2. The molecule has 2 heterocycles. The molecule has 5 nitrogen and oxygen atoms in total. The third kappa shape index (κ3) is 4.41. The molecular weight excluding hydrogens is 326 g/mol. The van der Waals surface area contributed by atoms with Crippen molar-refractivity contribution in [2.24, 2.45) is 5.92 Å². The van der Waals surface area contributed by atoms with Gasteiger partial charge in [0.1, 0.15) is 0 Å². The summed E-state index contributed by atoms with van der Waals surface area (Å²) in [6.07, 6.45) is 4.74. The summed E-state index contributed by atoms with van der Waals surface area (Å²) in [5.41, 5.74) is 7.01. The van der Waals surface area contributed by atoms with Gasteiger partial charge in [-0.25, -0.2) is 0 Å². The van der Waals surface area contributed by atoms with Gasteiger partial charge < -0.3 is 15.5 Å². The number of nitrogens with two attached hydrogens (primary N) is 1. The van der Waals surface area contributed by atoms with Gasteiger partial charge in [0, 0.05) is 43.9 Å². The zero-order valence-electron chi connectivity index (χ0n) is 13.9. The molecular formula is C18H26ClN3O2. The molecule has 2 N–H and O–H groups in total. The van der Waals surface area contributed by atoms with Gasteiger partial charge in [0.2, 0.25) is 5.91 Å². The summed E-state index contributed by atoms with van der Waals surface area (Å²) in [7, 11) is 0. The first-order chi connectivity index (χ1) is 11.1. The number of carbonyl (C=O) groups excluding carboxylic acids is 2. The maximum Gasteiger partial charge on any atom is 0.253 e. The molecule has 2 aliphatic rings. The number of carbonyl (C=O) groups is 2. The lowest BCUT2D eigenvalue weighted by atomic mass is 9.92. The lowest BCUT2D eigenvalue weighted by Gasteiger charge is -2.32. The van der Waals surface area contributed by atoms with Crippen LogP contribution in [0.4, 0.5) is 5.69 Å². The minimum Gasteiger partial charge on any atom is -0.399 e. The second kappa shape index (κ2) is 8.38. The van der Waals surface area contributed by atoms with Crippen LogP contribution in [0.1, 0.15) is 42.5 Å². The van der Waals surface area contributed by atoms with Gasteiger partial charge in [-0.05, 0) is 49.8 Å². The minimum absolute atomic E-state index is 0. The SMILES string of the molecule is Cl.Nc1cccc(C(=O)N2CCC(CC(=O)N3CCCC3)CC2)c1. The van der Waals surface area contributed by atoms with Gasteiger partial charge in [0.15, 0.2) is 0 Å². The highest BCUT2D eigenvalue weighted by molar-refractivity contribution is 5.95. The molecule has 2 saturated heterocycles. The molecule has 0 aromatic heterocycles. The van der Waals surface area contributed by atoms with E-state index in [2.05, 4.69) is 0 Å². The Hall–Kier alpha value is -1.75. The number of benzene rings is 1. The molecule has 0 bridgehead atoms. The number of nitrogens with zero attached hydrogens (tertiary/aromatic N) is 2. The summed E-state index contributed by atoms with van der Waals surface area (Å²) >= 11 is 0. The molecule has 24 heavy (non-hydrogen) atoms. The summed E-state index contributed by atoms with van der Waals surface area (Å²) in [6.45, 7) is 3.30. The number of anilines is 1. The number of amides is 2. The fraction of sp³-hybridized carbons (Fsp3) is 0.556. The minimum atomic E-state index is 0. The van der Waals surface area contributed by atoms with E-state index in [-0.39, 0.29) is 18.3 Å². The zero-order chi connectivity index (χ0) is 16.2. The second-order valence-electron chi connectivity index (χ2n) is 6.65. The topological polar surface area (TPSA) is 66.6 Å². The molecule has 0 saturated carbocycles. The third-order valence-corrected chi connectivity index (χ3v) is 4.96. The lowest BCUT2D eigenvalue weighted by Crippen LogP contribution is -2.40. The molecule has 6 heteroatoms. The van der Waals surface area contributed by atoms with Crippen LogP contribution in [0.3, 0.4) is 0 Å². The smallest absolute Gasteiger partial charge is 0.253 e. The van der Waals surface area contributed by atoms with Gasteiger partial charge in [-0.1, -0.05) is 6.07 Å². The number of hydrogen-bond donors (Lipinski definition) is 1. The highest BCUT2D eigenvalue weighted by Gasteiger charge is 2.27. The normalized spacial score (nSPS) is 18.3. The van der Waals surface area contributed by atoms with Crippen molar-refractivity contribution in [3.63, 3.8) is 0 Å². The molecule has 2 aliphatic heterocycles. The Morgan fingerprint density at radius 2 is 1.71 bits per heavy atom. The van der Waals surface area contributed by atoms with Crippen molar-refractivity contribution in [3.05, 3.63) is 29.8 Å². The quantitative estimate of drug-likeness (QED) is 0.851. The Bertz CT molecular complexity index is 579. The first kappa shape index (κ1) is 18.6. The van der Waals surface area contributed by atoms with Gasteiger partial charge in [-0.3, -0.25) is 9.59 Å².